The van der Waals surface area contributed by atoms with E-state index in [1.807, 2.05) is 18.2 Å². The molecule has 0 heterocycles. The van der Waals surface area contributed by atoms with Gasteiger partial charge in [0.15, 0.2) is 0 Å². The van der Waals surface area contributed by atoms with Crippen molar-refractivity contribution in [3.8, 4) is 0 Å². The van der Waals surface area contributed by atoms with Crippen LogP contribution in [-0.2, 0) is 48.8 Å². The van der Waals surface area contributed by atoms with E-state index in [1.54, 1.807) is 7.11 Å². The Morgan fingerprint density at radius 3 is 1.30 bits per heavy atom. The number of hydrogen-bond acceptors (Lipinski definition) is 1. The van der Waals surface area contributed by atoms with E-state index in [-0.39, 0.29) is 21.1 Å². The van der Waals surface area contributed by atoms with Gasteiger partial charge in [0, 0.05) is 37.0 Å². The molecule has 0 radical (unpaired) electrons. The molecule has 0 amide bonds. The Kier molecular flexibility index (Phi) is 117. The molecule has 0 spiro atoms. The van der Waals surface area contributed by atoms with Gasteiger partial charge in [0.05, 0.1) is 0 Å². The molecule has 0 aliphatic carbocycles. The molecular weight excluding hydrogens is 455 g/mol. The quantitative estimate of drug-likeness (QED) is 0.368. The zero-order valence-electron chi connectivity index (χ0n) is 10.2. The Morgan fingerprint density at radius 2 is 1.05 bits per heavy atom. The van der Waals surface area contributed by atoms with Crippen molar-refractivity contribution in [3.63, 3.8) is 0 Å². The summed E-state index contributed by atoms with van der Waals surface area (Å²) < 4.78 is 42.5. The second kappa shape index (κ2) is 64.2. The number of hydrogen-bond donors (Lipinski definition) is 0. The molecule has 0 saturated heterocycles. The molecule has 1 aromatic carbocycles. The Labute approximate surface area is 134 Å². The van der Waals surface area contributed by atoms with Crippen LogP contribution in [0.25, 0.3) is 0 Å². The topological polar surface area (TPSA) is 109 Å². The largest absolute Gasteiger partial charge is 0 e. The Hall–Kier alpha value is -1.00. The van der Waals surface area contributed by atoms with Crippen LogP contribution in [-0.4, -0.2) is 7.11 Å². The summed E-state index contributed by atoms with van der Waals surface area (Å²) in [6.45, 7) is 22.5. The smallest absolute Gasteiger partial charge is 0 e. The Bertz CT molecular complexity index is 310. The van der Waals surface area contributed by atoms with Crippen LogP contribution in [0.4, 0.5) is 0 Å². The van der Waals surface area contributed by atoms with Crippen molar-refractivity contribution in [3.05, 3.63) is 63.6 Å². The summed E-state index contributed by atoms with van der Waals surface area (Å²) in [5.74, 6) is 0. The third-order valence-corrected chi connectivity index (χ3v) is 1.77. The molecule has 0 fully saturated rings. The first-order valence-electron chi connectivity index (χ1n) is 3.79. The predicted octanol–water partition coefficient (Wildman–Crippen LogP) is 1.36. The van der Waals surface area contributed by atoms with E-state index in [1.165, 1.54) is 5.30 Å². The molecule has 0 saturated carbocycles. The Balaban J connectivity index is -0.0000000384. The van der Waals surface area contributed by atoms with Gasteiger partial charge in [-0.2, -0.15) is 0 Å². The van der Waals surface area contributed by atoms with Crippen molar-refractivity contribution in [2.24, 2.45) is 0 Å². The van der Waals surface area contributed by atoms with Crippen molar-refractivity contribution in [2.75, 3.05) is 7.11 Å². The van der Waals surface area contributed by atoms with Crippen molar-refractivity contribution in [2.45, 2.75) is 0 Å². The average molecular weight is 464 g/mol. The van der Waals surface area contributed by atoms with Gasteiger partial charge in [-0.1, -0.05) is 30.3 Å². The fraction of sp³-hybridized carbons (Fsp3) is 0.0833. The van der Waals surface area contributed by atoms with E-state index in [9.17, 15) is 0 Å². The van der Waals surface area contributed by atoms with Crippen LogP contribution >= 0.6 is 8.81 Å². The minimum Gasteiger partial charge on any atom is 0 e. The van der Waals surface area contributed by atoms with Gasteiger partial charge in [-0.15, -0.1) is 0 Å². The van der Waals surface area contributed by atoms with Crippen LogP contribution in [0.2, 0.25) is 0 Å². The van der Waals surface area contributed by atoms with Crippen LogP contribution < -0.4 is 5.30 Å². The van der Waals surface area contributed by atoms with E-state index in [2.05, 4.69) is 45.4 Å². The Morgan fingerprint density at radius 1 is 0.750 bits per heavy atom. The molecule has 6 nitrogen and oxygen atoms in total. The zero-order valence-corrected chi connectivity index (χ0v) is 14.2. The molecule has 1 aromatic rings. The molecule has 1 unspecified atom stereocenters. The van der Waals surface area contributed by atoms with Crippen LogP contribution in [0, 0.1) is 33.3 Å². The van der Waals surface area contributed by atoms with Crippen molar-refractivity contribution >= 4 is 14.1 Å². The molecule has 0 aromatic heterocycles. The SMILES string of the molecule is COPc1ccccc1.[C-]#[O+].[C-]#[O+].[C-]#[O+].[C-]#[O+].[C-]#[O+].[W]. The summed E-state index contributed by atoms with van der Waals surface area (Å²) in [6, 6.07) is 10.1. The van der Waals surface area contributed by atoms with E-state index in [4.69, 9.17) is 27.8 Å². The van der Waals surface area contributed by atoms with Gasteiger partial charge < -0.3 is 4.52 Å². The average Bonchev–Trinajstić information content (AvgIpc) is 2.58. The summed E-state index contributed by atoms with van der Waals surface area (Å²) in [7, 11) is 2.20. The first-order valence-corrected chi connectivity index (χ1v) is 4.70. The first-order chi connectivity index (χ1) is 9.43. The molecular formula is C12H9O6PW. The summed E-state index contributed by atoms with van der Waals surface area (Å²) in [4.78, 5) is 0. The summed E-state index contributed by atoms with van der Waals surface area (Å²) >= 11 is 0. The molecule has 1 rings (SSSR count). The first kappa shape index (κ1) is 36.4. The van der Waals surface area contributed by atoms with Crippen molar-refractivity contribution in [1.29, 1.82) is 0 Å². The van der Waals surface area contributed by atoms with Crippen molar-refractivity contribution < 1.29 is 48.8 Å². The second-order valence-corrected chi connectivity index (χ2v) is 2.86. The van der Waals surface area contributed by atoms with E-state index in [0.29, 0.717) is 8.81 Å². The van der Waals surface area contributed by atoms with Gasteiger partial charge in [-0.05, 0) is 5.30 Å². The summed E-state index contributed by atoms with van der Waals surface area (Å²) in [5.41, 5.74) is 0. The van der Waals surface area contributed by atoms with Gasteiger partial charge in [-0.3, -0.25) is 0 Å². The zero-order chi connectivity index (χ0) is 16.5. The summed E-state index contributed by atoms with van der Waals surface area (Å²) in [6.07, 6.45) is 0. The third kappa shape index (κ3) is 43.5. The third-order valence-electron chi connectivity index (χ3n) is 0.994. The van der Waals surface area contributed by atoms with E-state index >= 15 is 0 Å². The molecule has 0 aliphatic heterocycles. The van der Waals surface area contributed by atoms with Gasteiger partial charge in [0.25, 0.3) is 0 Å². The molecule has 1 atom stereocenters. The van der Waals surface area contributed by atoms with Crippen LogP contribution in [0.5, 0.6) is 0 Å². The predicted molar refractivity (Wildman–Crippen MR) is 61.0 cm³/mol. The fourth-order valence-electron chi connectivity index (χ4n) is 0.624. The maximum atomic E-state index is 7.50. The van der Waals surface area contributed by atoms with E-state index in [0.717, 1.165) is 0 Å². The maximum absolute atomic E-state index is 7.50. The van der Waals surface area contributed by atoms with Crippen molar-refractivity contribution in [1.82, 2.24) is 0 Å². The van der Waals surface area contributed by atoms with Gasteiger partial charge in [0.2, 0.25) is 0 Å². The van der Waals surface area contributed by atoms with Gasteiger partial charge in [-0.25, -0.2) is 0 Å². The van der Waals surface area contributed by atoms with Crippen LogP contribution in [0.15, 0.2) is 30.3 Å². The molecule has 8 heteroatoms. The molecule has 0 N–H and O–H groups in total. The van der Waals surface area contributed by atoms with Gasteiger partial charge in [0.1, 0.15) is 0 Å². The van der Waals surface area contributed by atoms with Crippen LogP contribution in [0.1, 0.15) is 0 Å². The number of rotatable bonds is 2. The normalized spacial score (nSPS) is 5.35. The number of benzene rings is 1. The molecule has 0 aliphatic rings. The maximum Gasteiger partial charge on any atom is 0 e. The minimum absolute atomic E-state index is 0. The minimum atomic E-state index is 0. The molecule has 20 heavy (non-hydrogen) atoms. The monoisotopic (exact) mass is 464 g/mol. The fourth-order valence-corrected chi connectivity index (χ4v) is 1.19. The van der Waals surface area contributed by atoms with Gasteiger partial charge >= 0.3 is 56.5 Å². The van der Waals surface area contributed by atoms with Crippen LogP contribution in [0.3, 0.4) is 0 Å². The molecule has 0 bridgehead atoms. The molecule has 104 valence electrons. The van der Waals surface area contributed by atoms with E-state index < -0.39 is 0 Å². The second-order valence-electron chi connectivity index (χ2n) is 1.67. The standard InChI is InChI=1S/C7H9OP.5CO.W/c1-8-9-7-5-3-2-4-6-7;5*1-2;/h2-6,9H,1H3;;;;;;. The summed E-state index contributed by atoms with van der Waals surface area (Å²) in [5, 5.41) is 1.25.